The number of amides is 1. The summed E-state index contributed by atoms with van der Waals surface area (Å²) in [6.45, 7) is 0.639. The standard InChI is InChI=1S/C24H33N3O3S/c1-26(22-12-8-3-4-9-13-22)19-24(28)25-21-14-16-23(17-15-21)31(29,30)27(2)18-20-10-6-5-7-11-20/h5-7,10-11,14-17,22H,3-4,8-9,12-13,18-19H2,1-2H3,(H,25,28). The van der Waals surface area contributed by atoms with Gasteiger partial charge < -0.3 is 5.32 Å². The van der Waals surface area contributed by atoms with Gasteiger partial charge in [0.2, 0.25) is 15.9 Å². The second-order valence-electron chi connectivity index (χ2n) is 8.38. The highest BCUT2D eigenvalue weighted by Crippen LogP contribution is 2.22. The number of likely N-dealkylation sites (N-methyl/N-ethyl adjacent to an activating group) is 1. The number of carbonyl (C=O) groups excluding carboxylic acids is 1. The van der Waals surface area contributed by atoms with E-state index >= 15 is 0 Å². The molecule has 1 N–H and O–H groups in total. The molecule has 7 heteroatoms. The first kappa shape index (κ1) is 23.4. The molecule has 3 rings (SSSR count). The van der Waals surface area contributed by atoms with E-state index in [1.807, 2.05) is 37.4 Å². The lowest BCUT2D eigenvalue weighted by Gasteiger charge is -2.26. The van der Waals surface area contributed by atoms with E-state index in [2.05, 4.69) is 10.2 Å². The predicted octanol–water partition coefficient (Wildman–Crippen LogP) is 4.10. The molecule has 6 nitrogen and oxygen atoms in total. The van der Waals surface area contributed by atoms with Crippen molar-refractivity contribution in [3.8, 4) is 0 Å². The van der Waals surface area contributed by atoms with Gasteiger partial charge in [0, 0.05) is 25.3 Å². The molecule has 1 amide bonds. The molecule has 0 bridgehead atoms. The first-order valence-corrected chi connectivity index (χ1v) is 12.4. The number of anilines is 1. The van der Waals surface area contributed by atoms with Crippen molar-refractivity contribution >= 4 is 21.6 Å². The third-order valence-electron chi connectivity index (χ3n) is 5.94. The van der Waals surface area contributed by atoms with Gasteiger partial charge >= 0.3 is 0 Å². The highest BCUT2D eigenvalue weighted by atomic mass is 32.2. The third-order valence-corrected chi connectivity index (χ3v) is 7.75. The summed E-state index contributed by atoms with van der Waals surface area (Å²) in [5, 5.41) is 2.89. The minimum Gasteiger partial charge on any atom is -0.325 e. The molecule has 31 heavy (non-hydrogen) atoms. The molecule has 0 heterocycles. The van der Waals surface area contributed by atoms with Gasteiger partial charge in [-0.05, 0) is 49.7 Å². The van der Waals surface area contributed by atoms with Crippen LogP contribution in [0.5, 0.6) is 0 Å². The van der Waals surface area contributed by atoms with E-state index < -0.39 is 10.0 Å². The number of rotatable bonds is 8. The lowest BCUT2D eigenvalue weighted by molar-refractivity contribution is -0.117. The van der Waals surface area contributed by atoms with Crippen LogP contribution in [0.4, 0.5) is 5.69 Å². The van der Waals surface area contributed by atoms with Crippen LogP contribution in [-0.4, -0.2) is 50.2 Å². The van der Waals surface area contributed by atoms with Crippen molar-refractivity contribution in [2.45, 2.75) is 56.0 Å². The maximum Gasteiger partial charge on any atom is 0.243 e. The Morgan fingerprint density at radius 1 is 0.935 bits per heavy atom. The average molecular weight is 444 g/mol. The van der Waals surface area contributed by atoms with E-state index in [0.717, 1.165) is 18.4 Å². The Morgan fingerprint density at radius 2 is 1.55 bits per heavy atom. The number of sulfonamides is 1. The fourth-order valence-electron chi connectivity index (χ4n) is 4.07. The van der Waals surface area contributed by atoms with Crippen LogP contribution in [-0.2, 0) is 21.4 Å². The molecule has 1 fully saturated rings. The molecule has 0 unspecified atom stereocenters. The Balaban J connectivity index is 1.56. The number of nitrogens with zero attached hydrogens (tertiary/aromatic N) is 2. The minimum atomic E-state index is -3.61. The van der Waals surface area contributed by atoms with Crippen molar-refractivity contribution in [3.63, 3.8) is 0 Å². The average Bonchev–Trinajstić information content (AvgIpc) is 3.04. The predicted molar refractivity (Wildman–Crippen MR) is 124 cm³/mol. The van der Waals surface area contributed by atoms with E-state index in [9.17, 15) is 13.2 Å². The summed E-state index contributed by atoms with van der Waals surface area (Å²) in [6, 6.07) is 16.3. The second kappa shape index (κ2) is 10.9. The van der Waals surface area contributed by atoms with Crippen LogP contribution in [0.2, 0.25) is 0 Å². The Bertz CT molecular complexity index is 938. The van der Waals surface area contributed by atoms with Gasteiger partial charge in [-0.1, -0.05) is 56.0 Å². The molecule has 0 aromatic heterocycles. The van der Waals surface area contributed by atoms with Gasteiger partial charge in [-0.25, -0.2) is 8.42 Å². The van der Waals surface area contributed by atoms with Crippen molar-refractivity contribution in [1.82, 2.24) is 9.21 Å². The summed E-state index contributed by atoms with van der Waals surface area (Å²) in [5.41, 5.74) is 1.53. The molecule has 0 aliphatic heterocycles. The normalized spacial score (nSPS) is 15.7. The van der Waals surface area contributed by atoms with E-state index in [-0.39, 0.29) is 10.8 Å². The zero-order valence-corrected chi connectivity index (χ0v) is 19.3. The van der Waals surface area contributed by atoms with E-state index in [4.69, 9.17) is 0 Å². The van der Waals surface area contributed by atoms with Gasteiger partial charge in [-0.15, -0.1) is 0 Å². The first-order valence-electron chi connectivity index (χ1n) is 11.0. The molecule has 2 aromatic carbocycles. The second-order valence-corrected chi connectivity index (χ2v) is 10.4. The maximum atomic E-state index is 12.9. The summed E-state index contributed by atoms with van der Waals surface area (Å²) < 4.78 is 27.0. The lowest BCUT2D eigenvalue weighted by atomic mass is 10.1. The molecular weight excluding hydrogens is 410 g/mol. The van der Waals surface area contributed by atoms with Crippen LogP contribution in [0, 0.1) is 0 Å². The molecule has 0 radical (unpaired) electrons. The molecular formula is C24H33N3O3S. The van der Waals surface area contributed by atoms with Crippen LogP contribution < -0.4 is 5.32 Å². The van der Waals surface area contributed by atoms with Crippen LogP contribution in [0.15, 0.2) is 59.5 Å². The van der Waals surface area contributed by atoms with Crippen LogP contribution in [0.25, 0.3) is 0 Å². The molecule has 168 valence electrons. The Kier molecular flexibility index (Phi) is 8.23. The van der Waals surface area contributed by atoms with Gasteiger partial charge in [0.05, 0.1) is 11.4 Å². The van der Waals surface area contributed by atoms with Gasteiger partial charge in [-0.3, -0.25) is 9.69 Å². The van der Waals surface area contributed by atoms with Gasteiger partial charge in [0.1, 0.15) is 0 Å². The molecule has 0 atom stereocenters. The maximum absolute atomic E-state index is 12.9. The monoisotopic (exact) mass is 443 g/mol. The third kappa shape index (κ3) is 6.63. The topological polar surface area (TPSA) is 69.7 Å². The van der Waals surface area contributed by atoms with Crippen molar-refractivity contribution in [3.05, 3.63) is 60.2 Å². The van der Waals surface area contributed by atoms with Crippen molar-refractivity contribution in [1.29, 1.82) is 0 Å². The van der Waals surface area contributed by atoms with E-state index in [1.165, 1.54) is 30.0 Å². The molecule has 0 spiro atoms. The SMILES string of the molecule is CN(CC(=O)Nc1ccc(S(=O)(=O)N(C)Cc2ccccc2)cc1)C1CCCCCC1. The summed E-state index contributed by atoms with van der Waals surface area (Å²) in [4.78, 5) is 14.8. The number of benzene rings is 2. The quantitative estimate of drug-likeness (QED) is 0.624. The van der Waals surface area contributed by atoms with Gasteiger partial charge in [0.15, 0.2) is 0 Å². The summed E-state index contributed by atoms with van der Waals surface area (Å²) in [5.74, 6) is -0.0800. The van der Waals surface area contributed by atoms with Crippen LogP contribution in [0.3, 0.4) is 0 Å². The highest BCUT2D eigenvalue weighted by Gasteiger charge is 2.22. The summed E-state index contributed by atoms with van der Waals surface area (Å²) in [7, 11) is -0.0284. The number of nitrogens with one attached hydrogen (secondary N) is 1. The van der Waals surface area contributed by atoms with Gasteiger partial charge in [-0.2, -0.15) is 4.31 Å². The van der Waals surface area contributed by atoms with E-state index in [1.54, 1.807) is 31.3 Å². The fraction of sp³-hybridized carbons (Fsp3) is 0.458. The summed E-state index contributed by atoms with van der Waals surface area (Å²) >= 11 is 0. The smallest absolute Gasteiger partial charge is 0.243 e. The minimum absolute atomic E-state index is 0.0800. The Morgan fingerprint density at radius 3 is 2.16 bits per heavy atom. The Labute approximate surface area is 186 Å². The lowest BCUT2D eigenvalue weighted by Crippen LogP contribution is -2.37. The molecule has 1 aliphatic rings. The van der Waals surface area contributed by atoms with Crippen molar-refractivity contribution < 1.29 is 13.2 Å². The number of carbonyl (C=O) groups is 1. The first-order chi connectivity index (χ1) is 14.9. The molecule has 1 aliphatic carbocycles. The van der Waals surface area contributed by atoms with Crippen molar-refractivity contribution in [2.24, 2.45) is 0 Å². The molecule has 0 saturated heterocycles. The Hall–Kier alpha value is -2.22. The zero-order chi connectivity index (χ0) is 22.3. The van der Waals surface area contributed by atoms with E-state index in [0.29, 0.717) is 24.8 Å². The fourth-order valence-corrected chi connectivity index (χ4v) is 5.23. The number of hydrogen-bond donors (Lipinski definition) is 1. The zero-order valence-electron chi connectivity index (χ0n) is 18.5. The van der Waals surface area contributed by atoms with Crippen LogP contribution >= 0.6 is 0 Å². The molecule has 2 aromatic rings. The molecule has 1 saturated carbocycles. The van der Waals surface area contributed by atoms with Crippen molar-refractivity contribution in [2.75, 3.05) is 26.0 Å². The van der Waals surface area contributed by atoms with Gasteiger partial charge in [0.25, 0.3) is 0 Å². The number of hydrogen-bond acceptors (Lipinski definition) is 4. The summed E-state index contributed by atoms with van der Waals surface area (Å²) in [6.07, 6.45) is 7.31. The highest BCUT2D eigenvalue weighted by molar-refractivity contribution is 7.89. The largest absolute Gasteiger partial charge is 0.325 e. The van der Waals surface area contributed by atoms with Crippen LogP contribution in [0.1, 0.15) is 44.1 Å².